The van der Waals surface area contributed by atoms with Gasteiger partial charge >= 0.3 is 12.4 Å². The predicted molar refractivity (Wildman–Crippen MR) is 119 cm³/mol. The van der Waals surface area contributed by atoms with Crippen LogP contribution in [-0.4, -0.2) is 44.9 Å². The van der Waals surface area contributed by atoms with Crippen LogP contribution in [0.2, 0.25) is 0 Å². The number of allylic oxidation sites excluding steroid dienone is 3. The number of hydrogen-bond donors (Lipinski definition) is 4. The molecule has 1 amide bonds. The summed E-state index contributed by atoms with van der Waals surface area (Å²) in [7, 11) is -3.85. The second-order valence-electron chi connectivity index (χ2n) is 8.35. The van der Waals surface area contributed by atoms with Gasteiger partial charge in [0.25, 0.3) is 0 Å². The van der Waals surface area contributed by atoms with Gasteiger partial charge in [-0.2, -0.15) is 26.3 Å². The molecule has 3 unspecified atom stereocenters. The normalized spacial score (nSPS) is 19.9. The fourth-order valence-electron chi connectivity index (χ4n) is 3.65. The number of halogens is 6. The van der Waals surface area contributed by atoms with Crippen LogP contribution in [0.3, 0.4) is 0 Å². The summed E-state index contributed by atoms with van der Waals surface area (Å²) in [6, 6.07) is 5.31. The summed E-state index contributed by atoms with van der Waals surface area (Å²) in [5, 5.41) is 20.3. The first-order valence-corrected chi connectivity index (χ1v) is 12.5. The highest BCUT2D eigenvalue weighted by Crippen LogP contribution is 2.43. The number of alkyl halides is 6. The molecule has 36 heavy (non-hydrogen) atoms. The lowest BCUT2D eigenvalue weighted by Gasteiger charge is -2.29. The molecule has 14 heteroatoms. The van der Waals surface area contributed by atoms with Gasteiger partial charge in [-0.15, -0.1) is 0 Å². The average Bonchev–Trinajstić information content (AvgIpc) is 2.76. The topological polar surface area (TPSA) is 122 Å². The highest BCUT2D eigenvalue weighted by Gasteiger charge is 2.46. The molecule has 1 aromatic rings. The zero-order chi connectivity index (χ0) is 27.3. The van der Waals surface area contributed by atoms with Crippen molar-refractivity contribution in [2.75, 3.05) is 13.1 Å². The number of aliphatic hydroxyl groups excluding tert-OH is 1. The molecule has 202 valence electrons. The molecule has 1 aliphatic rings. The first-order chi connectivity index (χ1) is 16.5. The van der Waals surface area contributed by atoms with Crippen molar-refractivity contribution < 1.29 is 44.7 Å². The Morgan fingerprint density at radius 1 is 1.03 bits per heavy atom. The number of benzene rings is 1. The van der Waals surface area contributed by atoms with Crippen LogP contribution in [-0.2, 0) is 14.8 Å². The van der Waals surface area contributed by atoms with E-state index in [2.05, 4.69) is 10.6 Å². The number of carbonyl (C=O) groups is 1. The summed E-state index contributed by atoms with van der Waals surface area (Å²) in [6.45, 7) is 1.47. The van der Waals surface area contributed by atoms with Gasteiger partial charge in [-0.3, -0.25) is 10.1 Å². The Balaban J connectivity index is 1.78. The van der Waals surface area contributed by atoms with Crippen molar-refractivity contribution in [2.45, 2.75) is 49.7 Å². The maximum absolute atomic E-state index is 13.2. The summed E-state index contributed by atoms with van der Waals surface area (Å²) >= 11 is 0. The largest absolute Gasteiger partial charge is 0.416 e. The van der Waals surface area contributed by atoms with E-state index in [1.807, 2.05) is 0 Å². The van der Waals surface area contributed by atoms with Crippen molar-refractivity contribution in [3.8, 4) is 0 Å². The molecule has 5 N–H and O–H groups in total. The molecule has 0 saturated heterocycles. The van der Waals surface area contributed by atoms with Gasteiger partial charge < -0.3 is 10.4 Å². The molecule has 0 spiro atoms. The fraction of sp³-hybridized carbons (Fsp3) is 0.500. The van der Waals surface area contributed by atoms with Crippen LogP contribution >= 0.6 is 0 Å². The number of rotatable bonds is 10. The number of amides is 1. The molecule has 1 aromatic carbocycles. The monoisotopic (exact) mass is 543 g/mol. The van der Waals surface area contributed by atoms with E-state index in [4.69, 9.17) is 5.14 Å². The van der Waals surface area contributed by atoms with E-state index >= 15 is 0 Å². The zero-order valence-corrected chi connectivity index (χ0v) is 20.0. The minimum absolute atomic E-state index is 0.0460. The highest BCUT2D eigenvalue weighted by atomic mass is 32.2. The van der Waals surface area contributed by atoms with Gasteiger partial charge in [-0.05, 0) is 43.2 Å². The minimum atomic E-state index is -5.02. The fourth-order valence-corrected chi connectivity index (χ4v) is 4.17. The van der Waals surface area contributed by atoms with Crippen LogP contribution in [0.5, 0.6) is 0 Å². The Kier molecular flexibility index (Phi) is 9.73. The lowest BCUT2D eigenvalue weighted by Crippen LogP contribution is -2.39. The summed E-state index contributed by atoms with van der Waals surface area (Å²) in [5.41, 5.74) is -2.49. The Morgan fingerprint density at radius 2 is 1.61 bits per heavy atom. The number of unbranched alkanes of at least 4 members (excludes halogenated alkanes) is 2. The molecule has 0 saturated carbocycles. The summed E-state index contributed by atoms with van der Waals surface area (Å²) in [6.07, 6.45) is -9.02. The van der Waals surface area contributed by atoms with Gasteiger partial charge in [-0.25, -0.2) is 13.6 Å². The molecule has 7 nitrogen and oxygen atoms in total. The number of sulfonamides is 1. The van der Waals surface area contributed by atoms with Crippen molar-refractivity contribution in [3.05, 3.63) is 53.1 Å². The minimum Gasteiger partial charge on any atom is -0.374 e. The first-order valence-electron chi connectivity index (χ1n) is 10.9. The zero-order valence-electron chi connectivity index (χ0n) is 19.2. The Labute approximate surface area is 204 Å². The Bertz CT molecular complexity index is 1080. The lowest BCUT2D eigenvalue weighted by molar-refractivity contribution is -0.127. The highest BCUT2D eigenvalue weighted by molar-refractivity contribution is 7.89. The Hall–Kier alpha value is -2.42. The van der Waals surface area contributed by atoms with E-state index < -0.39 is 57.5 Å². The van der Waals surface area contributed by atoms with E-state index in [1.54, 1.807) is 0 Å². The predicted octanol–water partition coefficient (Wildman–Crippen LogP) is 3.44. The molecule has 0 aromatic heterocycles. The standard InChI is InChI=1S/C22H27F6N3O4S/c1-13-17(11-15(21(23,24)25)12-18(13)22(26,27)28)20(33)31-10-4-2-3-9-30-19(32)14-5-7-16(8-6-14)36(29,34)35/h5-8,11-13,17,19,30,32H,2-4,9-10H2,1H3,(H,31,33)(H2,29,34,35). The van der Waals surface area contributed by atoms with Crippen LogP contribution in [0.4, 0.5) is 26.3 Å². The van der Waals surface area contributed by atoms with Crippen molar-refractivity contribution in [2.24, 2.45) is 17.0 Å². The first kappa shape index (κ1) is 29.8. The second kappa shape index (κ2) is 11.8. The van der Waals surface area contributed by atoms with E-state index in [0.29, 0.717) is 37.4 Å². The van der Waals surface area contributed by atoms with E-state index in [1.165, 1.54) is 24.3 Å². The molecule has 0 heterocycles. The number of hydrogen-bond acceptors (Lipinski definition) is 5. The summed E-state index contributed by atoms with van der Waals surface area (Å²) in [5.74, 6) is -4.00. The third-order valence-corrected chi connectivity index (χ3v) is 6.60. The number of aliphatic hydroxyl groups is 1. The smallest absolute Gasteiger partial charge is 0.374 e. The molecule has 1 aliphatic carbocycles. The summed E-state index contributed by atoms with van der Waals surface area (Å²) in [4.78, 5) is 12.3. The molecule has 3 atom stereocenters. The van der Waals surface area contributed by atoms with E-state index in [0.717, 1.165) is 6.92 Å². The van der Waals surface area contributed by atoms with Crippen LogP contribution < -0.4 is 15.8 Å². The average molecular weight is 544 g/mol. The van der Waals surface area contributed by atoms with Crippen LogP contribution in [0.15, 0.2) is 52.5 Å². The van der Waals surface area contributed by atoms with Crippen LogP contribution in [0.1, 0.15) is 38.0 Å². The summed E-state index contributed by atoms with van der Waals surface area (Å²) < 4.78 is 101. The van der Waals surface area contributed by atoms with Gasteiger partial charge in [0.05, 0.1) is 16.4 Å². The van der Waals surface area contributed by atoms with Crippen molar-refractivity contribution in [3.63, 3.8) is 0 Å². The maximum Gasteiger partial charge on any atom is 0.416 e. The number of nitrogens with two attached hydrogens (primary N) is 1. The maximum atomic E-state index is 13.2. The van der Waals surface area contributed by atoms with Crippen LogP contribution in [0, 0.1) is 11.8 Å². The van der Waals surface area contributed by atoms with Crippen molar-refractivity contribution >= 4 is 15.9 Å². The van der Waals surface area contributed by atoms with Gasteiger partial charge in [0.15, 0.2) is 0 Å². The van der Waals surface area contributed by atoms with Crippen molar-refractivity contribution in [1.82, 2.24) is 10.6 Å². The third kappa shape index (κ3) is 8.32. The second-order valence-corrected chi connectivity index (χ2v) is 9.92. The van der Waals surface area contributed by atoms with E-state index in [-0.39, 0.29) is 17.5 Å². The quantitative estimate of drug-likeness (QED) is 0.205. The van der Waals surface area contributed by atoms with Crippen LogP contribution in [0.25, 0.3) is 0 Å². The number of nitrogens with one attached hydrogen (secondary N) is 2. The molecular weight excluding hydrogens is 516 g/mol. The van der Waals surface area contributed by atoms with E-state index in [9.17, 15) is 44.7 Å². The van der Waals surface area contributed by atoms with Gasteiger partial charge in [0.1, 0.15) is 6.23 Å². The number of primary sulfonamides is 1. The SMILES string of the molecule is CC1C(C(F)(F)F)=CC(C(F)(F)F)=CC1C(=O)NCCCCCNC(O)c1ccc(S(N)(=O)=O)cc1. The lowest BCUT2D eigenvalue weighted by atomic mass is 9.80. The molecular formula is C22H27F6N3O4S. The third-order valence-electron chi connectivity index (χ3n) is 5.67. The molecule has 0 aliphatic heterocycles. The van der Waals surface area contributed by atoms with Crippen molar-refractivity contribution in [1.29, 1.82) is 0 Å². The molecule has 0 radical (unpaired) electrons. The molecule has 0 bridgehead atoms. The van der Waals surface area contributed by atoms with Gasteiger partial charge in [0.2, 0.25) is 15.9 Å². The molecule has 2 rings (SSSR count). The van der Waals surface area contributed by atoms with Gasteiger partial charge in [0, 0.05) is 18.0 Å². The Morgan fingerprint density at radius 3 is 2.14 bits per heavy atom. The molecule has 0 fully saturated rings. The van der Waals surface area contributed by atoms with Gasteiger partial charge in [-0.1, -0.05) is 31.6 Å². The number of carbonyl (C=O) groups excluding carboxylic acids is 1.